The highest BCUT2D eigenvalue weighted by Crippen LogP contribution is 2.24. The van der Waals surface area contributed by atoms with E-state index in [2.05, 4.69) is 108 Å². The Bertz CT molecular complexity index is 5340. The van der Waals surface area contributed by atoms with Crippen molar-refractivity contribution in [2.24, 2.45) is 51.8 Å². The molecule has 0 spiro atoms. The lowest BCUT2D eigenvalue weighted by atomic mass is 10.0. The fourth-order valence-corrected chi connectivity index (χ4v) is 15.9. The van der Waals surface area contributed by atoms with Gasteiger partial charge in [-0.2, -0.15) is 24.4 Å². The van der Waals surface area contributed by atoms with Crippen LogP contribution in [0, 0.1) is 16.7 Å². The lowest BCUT2D eigenvalue weighted by molar-refractivity contribution is -0.139. The second-order valence-electron chi connectivity index (χ2n) is 34.5. The first-order chi connectivity index (χ1) is 68.1. The molecular weight excluding hydrogens is 1890 g/mol. The van der Waals surface area contributed by atoms with Crippen LogP contribution in [-0.4, -0.2) is 274 Å². The van der Waals surface area contributed by atoms with Gasteiger partial charge in [0.2, 0.25) is 100 Å². The Morgan fingerprint density at radius 3 is 1.14 bits per heavy atom. The topological polar surface area (TPSA) is 828 Å². The van der Waals surface area contributed by atoms with Crippen LogP contribution in [0.3, 0.4) is 0 Å². The number of aliphatic carboxylic acids is 1. The number of carbonyl (C=O) groups is 18. The number of aromatic amines is 2. The second kappa shape index (κ2) is 61.1. The number of rotatable bonds is 66. The number of nitrogens with two attached hydrogens (primary N) is 8. The van der Waals surface area contributed by atoms with E-state index in [1.165, 1.54) is 36.3 Å². The number of hydrogen-bond donors (Lipinski definition) is 31. The first-order valence-corrected chi connectivity index (χ1v) is 48.8. The van der Waals surface area contributed by atoms with E-state index in [1.54, 1.807) is 111 Å². The predicted octanol–water partition coefficient (Wildman–Crippen LogP) is -5.01. The van der Waals surface area contributed by atoms with Gasteiger partial charge in [0.05, 0.1) is 12.5 Å². The smallest absolute Gasteiger partial charge is 0.322 e. The number of amides is 17. The van der Waals surface area contributed by atoms with E-state index in [-0.39, 0.29) is 114 Å². The number of carboxylic acids is 1. The molecule has 14 atom stereocenters. The molecule has 48 nitrogen and oxygen atoms in total. The minimum atomic E-state index is -1.98. The van der Waals surface area contributed by atoms with E-state index in [0.717, 1.165) is 0 Å². The Kier molecular flexibility index (Phi) is 50.0. The average molecular weight is 2030 g/mol. The molecule has 0 aliphatic heterocycles. The van der Waals surface area contributed by atoms with Crippen molar-refractivity contribution in [1.29, 1.82) is 10.8 Å². The van der Waals surface area contributed by atoms with Crippen molar-refractivity contribution < 1.29 is 96.5 Å². The van der Waals surface area contributed by atoms with Gasteiger partial charge in [-0.1, -0.05) is 92.7 Å². The fourth-order valence-electron chi connectivity index (χ4n) is 15.2. The number of primary amides is 3. The zero-order chi connectivity index (χ0) is 105. The molecule has 0 bridgehead atoms. The maximum atomic E-state index is 15.5. The van der Waals surface area contributed by atoms with Gasteiger partial charge in [0, 0.05) is 85.1 Å². The Balaban J connectivity index is 1.31. The molecule has 2 heterocycles. The quantitative estimate of drug-likeness (QED) is 0.00736. The van der Waals surface area contributed by atoms with Crippen LogP contribution >= 0.6 is 24.4 Å². The highest BCUT2D eigenvalue weighted by molar-refractivity contribution is 7.98. The standard InChI is InChI=1S/C93H136N28O20S2/c1-50(2)77(91(141)115-61(25-15-38-104-92(100)101)79(129)108-48-76(126)127)121-85(135)63(24-12-14-37-95)110-80(130)64(26-16-39-105-93(102)103)111-84(134)67(35-40-143-3)114-89(139)71(45-75(99)125)119-88(138)70(44-54-47-107-60-22-10-8-20-57(54)60)118-83(133)66(32-34-74(98)124)113-87(137)69(43-53-46-106-59-21-9-7-19-56(53)59)117-82(132)65(31-33-73(97)123)112-86(136)68(42-51-17-5-4-6-18-51)116-90(140)72(49-142)120-81(131)62(23-11-13-36-94)109-78(128)58(96)41-52-27-29-55(122)30-28-52/h4-10,17-22,27-30,46-47,50,58,61-72,77,106-107,122,142H,11-16,23-26,31-45,48-49,94-96H2,1-3H3,(H2,97,123)(H2,98,124)(H2,99,125)(H,108,129)(H,109,128)(H,110,130)(H,111,134)(H,112,136)(H,113,137)(H,114,139)(H,115,141)(H,116,140)(H,117,132)(H,118,133)(H,119,138)(H,120,131)(H,121,135)(H,126,127)(H4,100,101,104)(H4,102,103,105)/t58-,61-,62-,63-,64-,65-,66-,67-,68-,69-,70-,71-,72-,77-/m0/s1. The number of fused-ring (bicyclic) bond motifs is 2. The third kappa shape index (κ3) is 41.2. The largest absolute Gasteiger partial charge is 0.508 e. The maximum absolute atomic E-state index is 15.5. The van der Waals surface area contributed by atoms with E-state index in [1.807, 2.05) is 0 Å². The molecule has 0 aliphatic rings. The van der Waals surface area contributed by atoms with Crippen molar-refractivity contribution in [2.45, 2.75) is 227 Å². The van der Waals surface area contributed by atoms with Gasteiger partial charge in [-0.3, -0.25) is 97.1 Å². The summed E-state index contributed by atoms with van der Waals surface area (Å²) in [4.78, 5) is 262. The van der Waals surface area contributed by atoms with Crippen molar-refractivity contribution in [3.63, 3.8) is 0 Å². The van der Waals surface area contributed by atoms with Crippen LogP contribution in [0.5, 0.6) is 5.75 Å². The lowest BCUT2D eigenvalue weighted by Gasteiger charge is -2.29. The summed E-state index contributed by atoms with van der Waals surface area (Å²) in [6.45, 7) is 2.82. The van der Waals surface area contributed by atoms with Gasteiger partial charge in [0.15, 0.2) is 11.9 Å². The number of thioether (sulfide) groups is 1. The van der Waals surface area contributed by atoms with Gasteiger partial charge in [0.25, 0.3) is 0 Å². The van der Waals surface area contributed by atoms with Crippen LogP contribution in [-0.2, 0) is 112 Å². The molecular formula is C93H136N28O20S2. The number of aromatic hydroxyl groups is 1. The lowest BCUT2D eigenvalue weighted by Crippen LogP contribution is -2.62. The van der Waals surface area contributed by atoms with Gasteiger partial charge < -0.3 is 151 Å². The average Bonchev–Trinajstić information content (AvgIpc) is 1.70. The highest BCUT2D eigenvalue weighted by atomic mass is 32.2. The Morgan fingerprint density at radius 2 is 0.727 bits per heavy atom. The number of thiol groups is 1. The third-order valence-corrected chi connectivity index (χ3v) is 23.9. The number of guanidine groups is 2. The van der Waals surface area contributed by atoms with Crippen molar-refractivity contribution in [2.75, 3.05) is 50.5 Å². The Hall–Kier alpha value is -14.7. The molecule has 0 saturated heterocycles. The summed E-state index contributed by atoms with van der Waals surface area (Å²) in [5, 5.41) is 76.7. The highest BCUT2D eigenvalue weighted by Gasteiger charge is 2.40. The van der Waals surface area contributed by atoms with Crippen LogP contribution in [0.15, 0.2) is 116 Å². The van der Waals surface area contributed by atoms with Crippen molar-refractivity contribution in [3.8, 4) is 5.75 Å². The number of carboxylic acid groups (broad SMARTS) is 1. The normalized spacial score (nSPS) is 14.1. The third-order valence-electron chi connectivity index (χ3n) is 22.9. The summed E-state index contributed by atoms with van der Waals surface area (Å²) < 4.78 is 0. The van der Waals surface area contributed by atoms with E-state index in [4.69, 9.17) is 56.7 Å². The number of phenolic OH excluding ortho intramolecular Hbond substituents is 1. The van der Waals surface area contributed by atoms with E-state index >= 15 is 24.0 Å². The number of phenols is 1. The number of nitrogens with one attached hydrogen (secondary N) is 20. The molecule has 0 saturated carbocycles. The van der Waals surface area contributed by atoms with Crippen molar-refractivity contribution >= 4 is 165 Å². The molecule has 2 aromatic heterocycles. The summed E-state index contributed by atoms with van der Waals surface area (Å²) in [5.41, 5.74) is 49.1. The molecule has 50 heteroatoms. The molecule has 38 N–H and O–H groups in total. The van der Waals surface area contributed by atoms with Gasteiger partial charge in [-0.15, -0.1) is 0 Å². The molecule has 0 radical (unpaired) electrons. The van der Waals surface area contributed by atoms with E-state index in [9.17, 15) is 72.5 Å². The number of benzene rings is 4. The first kappa shape index (κ1) is 117. The number of H-pyrrole nitrogens is 2. The van der Waals surface area contributed by atoms with Crippen LogP contribution in [0.25, 0.3) is 21.8 Å². The zero-order valence-electron chi connectivity index (χ0n) is 79.9. The summed E-state index contributed by atoms with van der Waals surface area (Å²) in [6.07, 6.45) is 1.37. The minimum absolute atomic E-state index is 0.0108. The SMILES string of the molecule is CSCC[C@H](NC(=O)[C@H](CC(N)=O)NC(=O)[C@H](Cc1c[nH]c2ccccc12)NC(=O)[C@H](CCC(N)=O)NC(=O)[C@H](Cc1c[nH]c2ccccc12)NC(=O)[C@H](CCC(N)=O)NC(=O)[C@H](Cc1ccccc1)NC(=O)[C@H](CS)NC(=O)[C@H](CCCCN)NC(=O)[C@@H](N)Cc1ccc(O)cc1)C(=O)N[C@@H](CCCNC(=N)N)C(=O)N[C@@H](CCCCN)C(=O)N[C@H](C(=O)N[C@@H](CCCNC(=N)N)C(=O)NCC(=O)O)C(C)C. The number of unbranched alkanes of at least 4 members (excludes halogenated alkanes) is 2. The van der Waals surface area contributed by atoms with Crippen molar-refractivity contribution in [3.05, 3.63) is 138 Å². The van der Waals surface area contributed by atoms with Gasteiger partial charge in [-0.05, 0) is 167 Å². The predicted molar refractivity (Wildman–Crippen MR) is 536 cm³/mol. The molecule has 4 aromatic carbocycles. The summed E-state index contributed by atoms with van der Waals surface area (Å²) in [6, 6.07) is 5.76. The van der Waals surface area contributed by atoms with Gasteiger partial charge in [0.1, 0.15) is 90.8 Å². The molecule has 0 aliphatic carbocycles. The molecule has 143 heavy (non-hydrogen) atoms. The summed E-state index contributed by atoms with van der Waals surface area (Å²) in [7, 11) is 0. The monoisotopic (exact) mass is 2030 g/mol. The molecule has 6 rings (SSSR count). The Labute approximate surface area is 835 Å². The molecule has 780 valence electrons. The number of hydrogen-bond acceptors (Lipinski definition) is 26. The number of aromatic nitrogens is 2. The number of para-hydroxylation sites is 2. The number of carbonyl (C=O) groups excluding carboxylic acids is 17. The van der Waals surface area contributed by atoms with Crippen LogP contribution in [0.2, 0.25) is 0 Å². The van der Waals surface area contributed by atoms with E-state index in [0.29, 0.717) is 63.3 Å². The zero-order valence-corrected chi connectivity index (χ0v) is 81.6. The molecule has 0 unspecified atom stereocenters. The van der Waals surface area contributed by atoms with Crippen LogP contribution < -0.4 is 131 Å². The van der Waals surface area contributed by atoms with Crippen LogP contribution in [0.1, 0.15) is 139 Å². The van der Waals surface area contributed by atoms with Gasteiger partial charge in [-0.25, -0.2) is 0 Å². The minimum Gasteiger partial charge on any atom is -0.508 e. The van der Waals surface area contributed by atoms with E-state index < -0.39 is 254 Å². The molecule has 17 amide bonds. The second-order valence-corrected chi connectivity index (χ2v) is 35.9. The summed E-state index contributed by atoms with van der Waals surface area (Å²) in [5.74, 6) is -20.2. The van der Waals surface area contributed by atoms with Crippen LogP contribution in [0.4, 0.5) is 0 Å². The fraction of sp³-hybridized carbons (Fsp3) is 0.484. The van der Waals surface area contributed by atoms with Crippen molar-refractivity contribution in [1.82, 2.24) is 95.0 Å². The molecule has 0 fully saturated rings. The first-order valence-electron chi connectivity index (χ1n) is 46.7. The van der Waals surface area contributed by atoms with Gasteiger partial charge >= 0.3 is 5.97 Å². The molecule has 6 aromatic rings. The Morgan fingerprint density at radius 1 is 0.378 bits per heavy atom. The summed E-state index contributed by atoms with van der Waals surface area (Å²) >= 11 is 5.60. The maximum Gasteiger partial charge on any atom is 0.322 e.